The van der Waals surface area contributed by atoms with Crippen LogP contribution in [0.25, 0.3) is 0 Å². The van der Waals surface area contributed by atoms with Gasteiger partial charge in [0.1, 0.15) is 11.6 Å². The van der Waals surface area contributed by atoms with Gasteiger partial charge in [-0.3, -0.25) is 0 Å². The van der Waals surface area contributed by atoms with E-state index in [4.69, 9.17) is 17.3 Å². The molecule has 2 aromatic carbocycles. The highest BCUT2D eigenvalue weighted by molar-refractivity contribution is 6.31. The average molecular weight is 283 g/mol. The minimum Gasteiger partial charge on any atom is -0.375 e. The first-order valence-corrected chi connectivity index (χ1v) is 6.15. The molecule has 0 bridgehead atoms. The van der Waals surface area contributed by atoms with Gasteiger partial charge >= 0.3 is 0 Å². The number of nitrogens with two attached hydrogens (primary N) is 1. The van der Waals surface area contributed by atoms with E-state index in [1.165, 1.54) is 18.2 Å². The molecule has 2 aromatic rings. The van der Waals surface area contributed by atoms with E-state index in [2.05, 4.69) is 5.32 Å². The summed E-state index contributed by atoms with van der Waals surface area (Å²) in [7, 11) is 0. The molecule has 0 heterocycles. The van der Waals surface area contributed by atoms with Gasteiger partial charge in [-0.05, 0) is 29.8 Å². The summed E-state index contributed by atoms with van der Waals surface area (Å²) in [4.78, 5) is 0. The molecule has 0 fully saturated rings. The Bertz CT molecular complexity index is 575. The summed E-state index contributed by atoms with van der Waals surface area (Å²) in [6.45, 7) is 0.208. The van der Waals surface area contributed by atoms with Crippen LogP contribution in [0.5, 0.6) is 0 Å². The van der Waals surface area contributed by atoms with Crippen molar-refractivity contribution in [2.75, 3.05) is 11.9 Å². The monoisotopic (exact) mass is 282 g/mol. The smallest absolute Gasteiger partial charge is 0.146 e. The van der Waals surface area contributed by atoms with E-state index in [1.807, 2.05) is 0 Å². The summed E-state index contributed by atoms with van der Waals surface area (Å²) in [6, 6.07) is 9.94. The molecule has 3 N–H and O–H groups in total. The largest absolute Gasteiger partial charge is 0.375 e. The molecule has 5 heteroatoms. The van der Waals surface area contributed by atoms with Gasteiger partial charge in [0.15, 0.2) is 0 Å². The first-order chi connectivity index (χ1) is 9.11. The van der Waals surface area contributed by atoms with Crippen molar-refractivity contribution in [2.24, 2.45) is 5.73 Å². The van der Waals surface area contributed by atoms with Crippen LogP contribution in [0.3, 0.4) is 0 Å². The zero-order chi connectivity index (χ0) is 13.8. The highest BCUT2D eigenvalue weighted by atomic mass is 35.5. The van der Waals surface area contributed by atoms with Crippen LogP contribution in [0.4, 0.5) is 14.5 Å². The fourth-order valence-electron chi connectivity index (χ4n) is 1.81. The molecule has 0 saturated carbocycles. The second-order valence-electron chi connectivity index (χ2n) is 4.08. The summed E-state index contributed by atoms with van der Waals surface area (Å²) in [5.41, 5.74) is 6.64. The number of hydrogen-bond donors (Lipinski definition) is 2. The Hall–Kier alpha value is -1.65. The Labute approximate surface area is 115 Å². The second kappa shape index (κ2) is 5.99. The number of para-hydroxylation sites is 1. The van der Waals surface area contributed by atoms with Crippen LogP contribution in [-0.2, 0) is 0 Å². The lowest BCUT2D eigenvalue weighted by Crippen LogP contribution is -2.21. The van der Waals surface area contributed by atoms with Crippen molar-refractivity contribution in [3.63, 3.8) is 0 Å². The van der Waals surface area contributed by atoms with Crippen LogP contribution < -0.4 is 11.1 Å². The van der Waals surface area contributed by atoms with Gasteiger partial charge in [-0.25, -0.2) is 8.78 Å². The van der Waals surface area contributed by atoms with Crippen molar-refractivity contribution in [3.8, 4) is 0 Å². The highest BCUT2D eigenvalue weighted by Crippen LogP contribution is 2.27. The van der Waals surface area contributed by atoms with E-state index < -0.39 is 5.82 Å². The van der Waals surface area contributed by atoms with Gasteiger partial charge in [0.25, 0.3) is 0 Å². The van der Waals surface area contributed by atoms with Crippen LogP contribution >= 0.6 is 11.6 Å². The molecule has 0 aliphatic heterocycles. The molecule has 19 heavy (non-hydrogen) atoms. The van der Waals surface area contributed by atoms with Crippen molar-refractivity contribution in [3.05, 3.63) is 64.7 Å². The Balaban J connectivity index is 2.28. The van der Waals surface area contributed by atoms with Crippen LogP contribution in [0.2, 0.25) is 5.02 Å². The molecule has 2 rings (SSSR count). The molecule has 0 aliphatic carbocycles. The van der Waals surface area contributed by atoms with E-state index in [-0.39, 0.29) is 23.4 Å². The fraction of sp³-hybridized carbons (Fsp3) is 0.143. The molecule has 0 spiro atoms. The lowest BCUT2D eigenvalue weighted by Gasteiger charge is -2.20. The maximum Gasteiger partial charge on any atom is 0.146 e. The quantitative estimate of drug-likeness (QED) is 0.897. The Morgan fingerprint density at radius 2 is 1.89 bits per heavy atom. The first kappa shape index (κ1) is 13.8. The van der Waals surface area contributed by atoms with Gasteiger partial charge in [0.05, 0.1) is 11.7 Å². The van der Waals surface area contributed by atoms with Crippen LogP contribution in [0.15, 0.2) is 42.5 Å². The Morgan fingerprint density at radius 1 is 1.16 bits per heavy atom. The molecular formula is C14H13ClF2N2. The zero-order valence-electron chi connectivity index (χ0n) is 10.0. The third-order valence-electron chi connectivity index (χ3n) is 2.78. The number of halogens is 3. The summed E-state index contributed by atoms with van der Waals surface area (Å²) in [5.74, 6) is -0.797. The Morgan fingerprint density at radius 3 is 2.53 bits per heavy atom. The highest BCUT2D eigenvalue weighted by Gasteiger charge is 2.15. The van der Waals surface area contributed by atoms with E-state index in [1.54, 1.807) is 24.3 Å². The number of nitrogens with one attached hydrogen (secondary N) is 1. The van der Waals surface area contributed by atoms with E-state index in [0.717, 1.165) is 0 Å². The van der Waals surface area contributed by atoms with E-state index in [9.17, 15) is 8.78 Å². The van der Waals surface area contributed by atoms with Crippen molar-refractivity contribution in [1.29, 1.82) is 0 Å². The van der Waals surface area contributed by atoms with Crippen molar-refractivity contribution in [2.45, 2.75) is 6.04 Å². The number of anilines is 1. The lowest BCUT2D eigenvalue weighted by atomic mass is 10.1. The Kier molecular flexibility index (Phi) is 4.35. The molecule has 0 amide bonds. The molecule has 2 nitrogen and oxygen atoms in total. The number of benzene rings is 2. The molecule has 0 aromatic heterocycles. The standard InChI is InChI=1S/C14H13ClF2N2/c15-11-7-9(16)5-6-10(11)14(8-18)19-13-4-2-1-3-12(13)17/h1-7,14,19H,8,18H2. The van der Waals surface area contributed by atoms with Crippen LogP contribution in [0, 0.1) is 11.6 Å². The first-order valence-electron chi connectivity index (χ1n) is 5.78. The third kappa shape index (κ3) is 3.22. The van der Waals surface area contributed by atoms with E-state index in [0.29, 0.717) is 11.3 Å². The van der Waals surface area contributed by atoms with Gasteiger partial charge in [-0.2, -0.15) is 0 Å². The van der Waals surface area contributed by atoms with Gasteiger partial charge in [-0.1, -0.05) is 29.8 Å². The molecule has 0 aliphatic rings. The van der Waals surface area contributed by atoms with Gasteiger partial charge in [0, 0.05) is 11.6 Å². The van der Waals surface area contributed by atoms with Gasteiger partial charge in [0.2, 0.25) is 0 Å². The van der Waals surface area contributed by atoms with Crippen molar-refractivity contribution >= 4 is 17.3 Å². The maximum absolute atomic E-state index is 13.6. The number of rotatable bonds is 4. The average Bonchev–Trinajstić information content (AvgIpc) is 2.39. The van der Waals surface area contributed by atoms with E-state index >= 15 is 0 Å². The molecule has 100 valence electrons. The molecular weight excluding hydrogens is 270 g/mol. The predicted molar refractivity (Wildman–Crippen MR) is 73.2 cm³/mol. The predicted octanol–water partition coefficient (Wildman–Crippen LogP) is 3.73. The SMILES string of the molecule is NCC(Nc1ccccc1F)c1ccc(F)cc1Cl. The minimum atomic E-state index is -0.421. The fourth-order valence-corrected chi connectivity index (χ4v) is 2.11. The summed E-state index contributed by atoms with van der Waals surface area (Å²) >= 11 is 5.98. The molecule has 0 radical (unpaired) electrons. The molecule has 1 atom stereocenters. The zero-order valence-corrected chi connectivity index (χ0v) is 10.8. The van der Waals surface area contributed by atoms with Crippen molar-refractivity contribution in [1.82, 2.24) is 0 Å². The molecule has 0 saturated heterocycles. The second-order valence-corrected chi connectivity index (χ2v) is 4.49. The normalized spacial score (nSPS) is 12.2. The lowest BCUT2D eigenvalue weighted by molar-refractivity contribution is 0.621. The van der Waals surface area contributed by atoms with Crippen LogP contribution in [0.1, 0.15) is 11.6 Å². The minimum absolute atomic E-state index is 0.208. The number of hydrogen-bond acceptors (Lipinski definition) is 2. The topological polar surface area (TPSA) is 38.0 Å². The van der Waals surface area contributed by atoms with Crippen LogP contribution in [-0.4, -0.2) is 6.54 Å². The summed E-state index contributed by atoms with van der Waals surface area (Å²) in [5, 5.41) is 3.23. The third-order valence-corrected chi connectivity index (χ3v) is 3.10. The maximum atomic E-state index is 13.6. The van der Waals surface area contributed by atoms with Crippen molar-refractivity contribution < 1.29 is 8.78 Å². The van der Waals surface area contributed by atoms with Gasteiger partial charge in [-0.15, -0.1) is 0 Å². The summed E-state index contributed by atoms with van der Waals surface area (Å²) < 4.78 is 26.6. The van der Waals surface area contributed by atoms with Gasteiger partial charge < -0.3 is 11.1 Å². The summed E-state index contributed by atoms with van der Waals surface area (Å²) in [6.07, 6.45) is 0. The molecule has 1 unspecified atom stereocenters.